The molecule has 0 radical (unpaired) electrons. The summed E-state index contributed by atoms with van der Waals surface area (Å²) in [6.45, 7) is 4.32. The summed E-state index contributed by atoms with van der Waals surface area (Å²) in [4.78, 5) is 0.314. The van der Waals surface area contributed by atoms with Gasteiger partial charge in [0.15, 0.2) is 9.84 Å². The fourth-order valence-electron chi connectivity index (χ4n) is 2.41. The molecule has 0 spiro atoms. The molecule has 0 aliphatic carbocycles. The van der Waals surface area contributed by atoms with Crippen molar-refractivity contribution in [2.75, 3.05) is 0 Å². The summed E-state index contributed by atoms with van der Waals surface area (Å²) in [6, 6.07) is 18.4. The van der Waals surface area contributed by atoms with Crippen molar-refractivity contribution in [1.29, 1.82) is 0 Å². The molecule has 0 amide bonds. The first-order valence-electron chi connectivity index (χ1n) is 8.35. The highest BCUT2D eigenvalue weighted by molar-refractivity contribution is 7.94. The van der Waals surface area contributed by atoms with Gasteiger partial charge < -0.3 is 4.74 Å². The van der Waals surface area contributed by atoms with Crippen LogP contribution < -0.4 is 0 Å². The van der Waals surface area contributed by atoms with Gasteiger partial charge in [0.1, 0.15) is 0 Å². The Labute approximate surface area is 150 Å². The molecule has 2 rings (SSSR count). The van der Waals surface area contributed by atoms with E-state index in [0.717, 1.165) is 18.4 Å². The Kier molecular flexibility index (Phi) is 7.64. The van der Waals surface area contributed by atoms with Gasteiger partial charge in [0.2, 0.25) is 0 Å². The molecule has 2 aromatic carbocycles. The Morgan fingerprint density at radius 2 is 1.64 bits per heavy atom. The normalized spacial score (nSPS) is 13.0. The van der Waals surface area contributed by atoms with Gasteiger partial charge in [-0.15, -0.1) is 6.58 Å². The molecular formula is C21H24O3S. The van der Waals surface area contributed by atoms with Crippen molar-refractivity contribution < 1.29 is 13.2 Å². The lowest BCUT2D eigenvalue weighted by Gasteiger charge is -2.15. The second-order valence-electron chi connectivity index (χ2n) is 5.75. The minimum absolute atomic E-state index is 0.0294. The van der Waals surface area contributed by atoms with E-state index in [1.807, 2.05) is 36.4 Å². The molecule has 0 bridgehead atoms. The summed E-state index contributed by atoms with van der Waals surface area (Å²) in [5, 5.41) is 1.28. The summed E-state index contributed by atoms with van der Waals surface area (Å²) < 4.78 is 30.3. The van der Waals surface area contributed by atoms with Crippen LogP contribution in [0.25, 0.3) is 0 Å². The van der Waals surface area contributed by atoms with Crippen LogP contribution in [0.4, 0.5) is 0 Å². The van der Waals surface area contributed by atoms with Gasteiger partial charge in [-0.2, -0.15) is 0 Å². The number of rotatable bonds is 10. The minimum Gasteiger partial charge on any atom is -0.373 e. The van der Waals surface area contributed by atoms with Crippen molar-refractivity contribution in [1.82, 2.24) is 0 Å². The van der Waals surface area contributed by atoms with Gasteiger partial charge in [-0.1, -0.05) is 60.7 Å². The third-order valence-electron chi connectivity index (χ3n) is 3.76. The average molecular weight is 356 g/mol. The van der Waals surface area contributed by atoms with Gasteiger partial charge in [0.05, 0.1) is 17.6 Å². The van der Waals surface area contributed by atoms with Crippen LogP contribution in [0.2, 0.25) is 0 Å². The Hall–Kier alpha value is -2.17. The summed E-state index contributed by atoms with van der Waals surface area (Å²) in [5.74, 6) is 0. The highest BCUT2D eigenvalue weighted by atomic mass is 32.2. The topological polar surface area (TPSA) is 43.4 Å². The van der Waals surface area contributed by atoms with Crippen molar-refractivity contribution in [2.45, 2.75) is 36.9 Å². The second kappa shape index (κ2) is 9.97. The van der Waals surface area contributed by atoms with Crippen LogP contribution in [0.3, 0.4) is 0 Å². The predicted molar refractivity (Wildman–Crippen MR) is 102 cm³/mol. The molecular weight excluding hydrogens is 332 g/mol. The van der Waals surface area contributed by atoms with Crippen LogP contribution in [0.1, 0.15) is 24.8 Å². The highest BCUT2D eigenvalue weighted by Gasteiger charge is 2.10. The molecule has 4 heteroatoms. The fraction of sp³-hybridized carbons (Fsp3) is 0.238. The Balaban J connectivity index is 1.85. The molecule has 0 aliphatic rings. The van der Waals surface area contributed by atoms with E-state index in [-0.39, 0.29) is 6.10 Å². The molecule has 2 aromatic rings. The molecule has 3 nitrogen and oxygen atoms in total. The maximum Gasteiger partial charge on any atom is 0.199 e. The third-order valence-corrected chi connectivity index (χ3v) is 5.24. The van der Waals surface area contributed by atoms with Crippen LogP contribution in [0, 0.1) is 0 Å². The van der Waals surface area contributed by atoms with Gasteiger partial charge in [0.25, 0.3) is 0 Å². The molecule has 1 atom stereocenters. The monoisotopic (exact) mass is 356 g/mol. The van der Waals surface area contributed by atoms with Crippen LogP contribution in [0.15, 0.2) is 89.7 Å². The number of ether oxygens (including phenoxy) is 1. The number of allylic oxidation sites excluding steroid dienone is 1. The molecule has 132 valence electrons. The van der Waals surface area contributed by atoms with E-state index in [0.29, 0.717) is 17.9 Å². The van der Waals surface area contributed by atoms with Crippen molar-refractivity contribution in [2.24, 2.45) is 0 Å². The second-order valence-corrected chi connectivity index (χ2v) is 7.58. The molecule has 25 heavy (non-hydrogen) atoms. The molecule has 0 saturated heterocycles. The van der Waals surface area contributed by atoms with E-state index in [2.05, 4.69) is 6.58 Å². The lowest BCUT2D eigenvalue weighted by Crippen LogP contribution is -2.11. The standard InChI is InChI=1S/C21H24O3S/c1-2-11-20(24-18-19-12-5-3-6-13-19)14-9-10-17-25(22,23)21-15-7-4-8-16-21/h2-8,10,12-13,15-17,20H,1,9,11,14,18H2/b17-10+. The molecule has 0 saturated carbocycles. The Morgan fingerprint density at radius 1 is 1.00 bits per heavy atom. The van der Waals surface area contributed by atoms with Gasteiger partial charge in [0, 0.05) is 5.41 Å². The third kappa shape index (κ3) is 6.69. The minimum atomic E-state index is -3.37. The Morgan fingerprint density at radius 3 is 2.28 bits per heavy atom. The number of benzene rings is 2. The average Bonchev–Trinajstić information content (AvgIpc) is 2.64. The van der Waals surface area contributed by atoms with Crippen LogP contribution in [-0.2, 0) is 21.2 Å². The lowest BCUT2D eigenvalue weighted by atomic mass is 10.1. The van der Waals surface area contributed by atoms with Gasteiger partial charge in [-0.05, 0) is 37.0 Å². The van der Waals surface area contributed by atoms with Crippen LogP contribution >= 0.6 is 0 Å². The van der Waals surface area contributed by atoms with Crippen molar-refractivity contribution in [3.8, 4) is 0 Å². The highest BCUT2D eigenvalue weighted by Crippen LogP contribution is 2.14. The summed E-state index contributed by atoms with van der Waals surface area (Å²) in [7, 11) is -3.37. The molecule has 0 aliphatic heterocycles. The van der Waals surface area contributed by atoms with Gasteiger partial charge in [-0.25, -0.2) is 8.42 Å². The van der Waals surface area contributed by atoms with Gasteiger partial charge in [-0.3, -0.25) is 0 Å². The summed E-state index contributed by atoms with van der Waals surface area (Å²) in [6.07, 6.45) is 5.69. The molecule has 1 unspecified atom stereocenters. The van der Waals surface area contributed by atoms with E-state index in [1.165, 1.54) is 5.41 Å². The number of hydrogen-bond donors (Lipinski definition) is 0. The fourth-order valence-corrected chi connectivity index (χ4v) is 3.49. The smallest absolute Gasteiger partial charge is 0.199 e. The first kappa shape index (κ1) is 19.2. The van der Waals surface area contributed by atoms with E-state index in [9.17, 15) is 8.42 Å². The SMILES string of the molecule is C=CCC(CC/C=C/S(=O)(=O)c1ccccc1)OCc1ccccc1. The van der Waals surface area contributed by atoms with E-state index < -0.39 is 9.84 Å². The van der Waals surface area contributed by atoms with Crippen molar-refractivity contribution in [3.05, 3.63) is 90.4 Å². The molecule has 0 heterocycles. The maximum absolute atomic E-state index is 12.2. The van der Waals surface area contributed by atoms with E-state index in [1.54, 1.807) is 36.4 Å². The molecule has 0 N–H and O–H groups in total. The van der Waals surface area contributed by atoms with E-state index >= 15 is 0 Å². The van der Waals surface area contributed by atoms with Crippen LogP contribution in [0.5, 0.6) is 0 Å². The Bertz CT molecular complexity index is 765. The maximum atomic E-state index is 12.2. The number of hydrogen-bond acceptors (Lipinski definition) is 3. The zero-order valence-electron chi connectivity index (χ0n) is 14.3. The first-order valence-corrected chi connectivity index (χ1v) is 9.89. The zero-order valence-corrected chi connectivity index (χ0v) is 15.1. The van der Waals surface area contributed by atoms with Crippen molar-refractivity contribution in [3.63, 3.8) is 0 Å². The van der Waals surface area contributed by atoms with Crippen LogP contribution in [-0.4, -0.2) is 14.5 Å². The largest absolute Gasteiger partial charge is 0.373 e. The quantitative estimate of drug-likeness (QED) is 0.568. The number of sulfone groups is 1. The van der Waals surface area contributed by atoms with Gasteiger partial charge >= 0.3 is 0 Å². The van der Waals surface area contributed by atoms with E-state index in [4.69, 9.17) is 4.74 Å². The first-order chi connectivity index (χ1) is 12.1. The molecule has 0 fully saturated rings. The molecule has 0 aromatic heterocycles. The summed E-state index contributed by atoms with van der Waals surface area (Å²) >= 11 is 0. The summed E-state index contributed by atoms with van der Waals surface area (Å²) in [5.41, 5.74) is 1.12. The zero-order chi connectivity index (χ0) is 18.0. The lowest BCUT2D eigenvalue weighted by molar-refractivity contribution is 0.0377. The predicted octanol–water partition coefficient (Wildman–Crippen LogP) is 4.92. The van der Waals surface area contributed by atoms with Crippen molar-refractivity contribution >= 4 is 9.84 Å².